The third-order valence-corrected chi connectivity index (χ3v) is 5.31. The van der Waals surface area contributed by atoms with E-state index in [9.17, 15) is 18.3 Å². The average Bonchev–Trinajstić information content (AvgIpc) is 2.81. The van der Waals surface area contributed by atoms with E-state index in [1.165, 1.54) is 11.4 Å². The lowest BCUT2D eigenvalue weighted by atomic mass is 10.2. The summed E-state index contributed by atoms with van der Waals surface area (Å²) in [6.07, 6.45) is -0.782. The zero-order chi connectivity index (χ0) is 14.0. The molecule has 2 heterocycles. The number of aliphatic hydroxyl groups excluding tert-OH is 1. The zero-order valence-electron chi connectivity index (χ0n) is 10.7. The highest BCUT2D eigenvalue weighted by Crippen LogP contribution is 2.25. The Hall–Kier alpha value is -0.740. The fourth-order valence-corrected chi connectivity index (χ4v) is 4.08. The van der Waals surface area contributed by atoms with Gasteiger partial charge in [-0.2, -0.15) is 17.0 Å². The smallest absolute Gasteiger partial charge is 0.324 e. The number of β-amino-alcohol motifs (C(OH)–C–C–N with tert-alkyl or cyclic N) is 1. The van der Waals surface area contributed by atoms with Crippen molar-refractivity contribution in [3.63, 3.8) is 0 Å². The van der Waals surface area contributed by atoms with E-state index in [1.807, 2.05) is 0 Å². The lowest BCUT2D eigenvalue weighted by Crippen LogP contribution is -2.51. The number of morpholine rings is 1. The van der Waals surface area contributed by atoms with Gasteiger partial charge in [-0.25, -0.2) is 0 Å². The molecular formula is C10H18N2O6S. The summed E-state index contributed by atoms with van der Waals surface area (Å²) in [5, 5.41) is 9.62. The Morgan fingerprint density at radius 1 is 1.37 bits per heavy atom. The van der Waals surface area contributed by atoms with Gasteiger partial charge in [0.25, 0.3) is 10.2 Å². The molecule has 2 fully saturated rings. The van der Waals surface area contributed by atoms with Gasteiger partial charge < -0.3 is 14.6 Å². The molecule has 19 heavy (non-hydrogen) atoms. The van der Waals surface area contributed by atoms with Crippen LogP contribution >= 0.6 is 0 Å². The number of carbonyl (C=O) groups is 1. The van der Waals surface area contributed by atoms with Crippen molar-refractivity contribution in [1.82, 2.24) is 8.61 Å². The fourth-order valence-electron chi connectivity index (χ4n) is 2.32. The van der Waals surface area contributed by atoms with Crippen LogP contribution in [0.2, 0.25) is 0 Å². The number of ether oxygens (including phenoxy) is 2. The molecule has 9 heteroatoms. The Labute approximate surface area is 112 Å². The molecule has 2 unspecified atom stereocenters. The van der Waals surface area contributed by atoms with Crippen molar-refractivity contribution < 1.29 is 27.8 Å². The maximum Gasteiger partial charge on any atom is 0.324 e. The maximum atomic E-state index is 12.4. The lowest BCUT2D eigenvalue weighted by molar-refractivity contribution is -0.144. The van der Waals surface area contributed by atoms with Crippen LogP contribution < -0.4 is 0 Å². The van der Waals surface area contributed by atoms with Crippen LogP contribution in [0.15, 0.2) is 0 Å². The summed E-state index contributed by atoms with van der Waals surface area (Å²) in [4.78, 5) is 11.6. The number of rotatable bonds is 3. The molecule has 2 saturated heterocycles. The molecule has 2 rings (SSSR count). The van der Waals surface area contributed by atoms with E-state index < -0.39 is 28.3 Å². The summed E-state index contributed by atoms with van der Waals surface area (Å²) in [7, 11) is -2.57. The van der Waals surface area contributed by atoms with Gasteiger partial charge in [-0.15, -0.1) is 0 Å². The third kappa shape index (κ3) is 2.90. The summed E-state index contributed by atoms with van der Waals surface area (Å²) < 4.78 is 36.9. The second-order valence-corrected chi connectivity index (χ2v) is 6.40. The van der Waals surface area contributed by atoms with E-state index in [4.69, 9.17) is 4.74 Å². The van der Waals surface area contributed by atoms with Crippen LogP contribution in [0.25, 0.3) is 0 Å². The van der Waals surface area contributed by atoms with E-state index in [2.05, 4.69) is 4.74 Å². The molecule has 0 aromatic rings. The highest BCUT2D eigenvalue weighted by atomic mass is 32.2. The summed E-state index contributed by atoms with van der Waals surface area (Å²) in [5.41, 5.74) is 0. The van der Waals surface area contributed by atoms with Crippen molar-refractivity contribution in [3.8, 4) is 0 Å². The summed E-state index contributed by atoms with van der Waals surface area (Å²) in [6.45, 7) is 1.09. The maximum absolute atomic E-state index is 12.4. The molecule has 8 nitrogen and oxygen atoms in total. The third-order valence-electron chi connectivity index (χ3n) is 3.30. The van der Waals surface area contributed by atoms with Crippen LogP contribution in [0.4, 0.5) is 0 Å². The summed E-state index contributed by atoms with van der Waals surface area (Å²) in [6, 6.07) is -0.951. The molecule has 0 aromatic heterocycles. The fraction of sp³-hybridized carbons (Fsp3) is 0.900. The zero-order valence-corrected chi connectivity index (χ0v) is 11.5. The molecule has 0 bridgehead atoms. The standard InChI is InChI=1S/C10H18N2O6S/c1-17-10(14)9-6-8(13)7-12(9)19(15,16)11-2-4-18-5-3-11/h8-9,13H,2-7H2,1H3. The van der Waals surface area contributed by atoms with Crippen LogP contribution in [0.5, 0.6) is 0 Å². The molecule has 2 atom stereocenters. The van der Waals surface area contributed by atoms with Gasteiger partial charge in [0, 0.05) is 26.1 Å². The molecule has 0 spiro atoms. The highest BCUT2D eigenvalue weighted by molar-refractivity contribution is 7.86. The SMILES string of the molecule is COC(=O)C1CC(O)CN1S(=O)(=O)N1CCOCC1. The number of aliphatic hydroxyl groups is 1. The predicted molar refractivity (Wildman–Crippen MR) is 64.4 cm³/mol. The topological polar surface area (TPSA) is 96.4 Å². The van der Waals surface area contributed by atoms with E-state index in [0.717, 1.165) is 4.31 Å². The van der Waals surface area contributed by atoms with Gasteiger partial charge in [0.05, 0.1) is 26.4 Å². The molecule has 0 amide bonds. The number of methoxy groups -OCH3 is 1. The van der Waals surface area contributed by atoms with Crippen molar-refractivity contribution in [2.24, 2.45) is 0 Å². The number of hydrogen-bond donors (Lipinski definition) is 1. The van der Waals surface area contributed by atoms with Gasteiger partial charge in [-0.05, 0) is 0 Å². The minimum absolute atomic E-state index is 0.0657. The van der Waals surface area contributed by atoms with Gasteiger partial charge in [0.15, 0.2) is 0 Å². The van der Waals surface area contributed by atoms with E-state index in [1.54, 1.807) is 0 Å². The molecule has 0 radical (unpaired) electrons. The van der Waals surface area contributed by atoms with E-state index in [0.29, 0.717) is 13.2 Å². The normalized spacial score (nSPS) is 30.4. The minimum atomic E-state index is -3.77. The van der Waals surface area contributed by atoms with E-state index in [-0.39, 0.29) is 26.1 Å². The van der Waals surface area contributed by atoms with Crippen LogP contribution in [0.3, 0.4) is 0 Å². The van der Waals surface area contributed by atoms with Crippen molar-refractivity contribution in [2.45, 2.75) is 18.6 Å². The van der Waals surface area contributed by atoms with Crippen molar-refractivity contribution in [3.05, 3.63) is 0 Å². The Balaban J connectivity index is 2.19. The largest absolute Gasteiger partial charge is 0.468 e. The monoisotopic (exact) mass is 294 g/mol. The first-order valence-corrected chi connectivity index (χ1v) is 7.47. The van der Waals surface area contributed by atoms with Gasteiger partial charge in [-0.1, -0.05) is 0 Å². The van der Waals surface area contributed by atoms with Gasteiger partial charge in [0.1, 0.15) is 6.04 Å². The lowest BCUT2D eigenvalue weighted by Gasteiger charge is -2.31. The number of esters is 1. The second-order valence-electron chi connectivity index (χ2n) is 4.52. The first-order chi connectivity index (χ1) is 8.96. The van der Waals surface area contributed by atoms with E-state index >= 15 is 0 Å². The second kappa shape index (κ2) is 5.71. The quantitative estimate of drug-likeness (QED) is 0.615. The first-order valence-electron chi connectivity index (χ1n) is 6.07. The molecule has 2 aliphatic rings. The molecule has 1 N–H and O–H groups in total. The summed E-state index contributed by atoms with van der Waals surface area (Å²) >= 11 is 0. The molecule has 110 valence electrons. The van der Waals surface area contributed by atoms with Crippen LogP contribution in [0, 0.1) is 0 Å². The average molecular weight is 294 g/mol. The summed E-state index contributed by atoms with van der Waals surface area (Å²) in [5.74, 6) is -0.645. The molecule has 0 aromatic carbocycles. The van der Waals surface area contributed by atoms with Crippen LogP contribution in [0.1, 0.15) is 6.42 Å². The Morgan fingerprint density at radius 3 is 2.58 bits per heavy atom. The predicted octanol–water partition coefficient (Wildman–Crippen LogP) is -1.83. The number of carbonyl (C=O) groups excluding carboxylic acids is 1. The minimum Gasteiger partial charge on any atom is -0.468 e. The van der Waals surface area contributed by atoms with Crippen LogP contribution in [-0.4, -0.2) is 80.2 Å². The Bertz CT molecular complexity index is 433. The molecular weight excluding hydrogens is 276 g/mol. The highest BCUT2D eigenvalue weighted by Gasteiger charge is 2.45. The van der Waals surface area contributed by atoms with Crippen molar-refractivity contribution >= 4 is 16.2 Å². The van der Waals surface area contributed by atoms with Gasteiger partial charge in [-0.3, -0.25) is 4.79 Å². The molecule has 2 aliphatic heterocycles. The van der Waals surface area contributed by atoms with Gasteiger partial charge >= 0.3 is 5.97 Å². The number of hydrogen-bond acceptors (Lipinski definition) is 6. The molecule has 0 aliphatic carbocycles. The van der Waals surface area contributed by atoms with Crippen molar-refractivity contribution in [2.75, 3.05) is 40.0 Å². The van der Waals surface area contributed by atoms with Crippen LogP contribution in [-0.2, 0) is 24.5 Å². The van der Waals surface area contributed by atoms with Gasteiger partial charge in [0.2, 0.25) is 0 Å². The Morgan fingerprint density at radius 2 is 2.00 bits per heavy atom. The van der Waals surface area contributed by atoms with Crippen molar-refractivity contribution in [1.29, 1.82) is 0 Å². The Kier molecular flexibility index (Phi) is 4.41. The first kappa shape index (κ1) is 14.7. The number of nitrogens with zero attached hydrogens (tertiary/aromatic N) is 2. The molecule has 0 saturated carbocycles.